The van der Waals surface area contributed by atoms with Crippen LogP contribution in [0.1, 0.15) is 63.0 Å². The van der Waals surface area contributed by atoms with Crippen molar-refractivity contribution >= 4 is 11.7 Å². The van der Waals surface area contributed by atoms with Crippen LogP contribution in [-0.2, 0) is 16.6 Å². The van der Waals surface area contributed by atoms with Gasteiger partial charge in [-0.25, -0.2) is 0 Å². The zero-order chi connectivity index (χ0) is 16.5. The molecule has 0 aromatic carbocycles. The minimum Gasteiger partial charge on any atom is -0.381 e. The number of nitrogens with one attached hydrogen (secondary N) is 1. The Hall–Kier alpha value is -1.36. The van der Waals surface area contributed by atoms with E-state index in [-0.39, 0.29) is 11.8 Å². The number of nitrogens with zero attached hydrogens (tertiary/aromatic N) is 2. The lowest BCUT2D eigenvalue weighted by Crippen LogP contribution is -2.19. The second kappa shape index (κ2) is 6.87. The zero-order valence-electron chi connectivity index (χ0n) is 14.7. The number of anilines is 1. The zero-order valence-corrected chi connectivity index (χ0v) is 14.7. The standard InChI is InChI=1S/C19H29N3O2/c1-22-18(11-17(21-22)14-8-5-9-24-12-14)20-19(23)16-10-15(16)13-6-3-2-4-7-13/h11,13-16H,2-10,12H2,1H3,(H,20,23). The molecular formula is C19H29N3O2. The SMILES string of the molecule is Cn1nc(C2CCCOC2)cc1NC(=O)C1CC1C1CCCCC1. The first-order valence-electron chi connectivity index (χ1n) is 9.65. The summed E-state index contributed by atoms with van der Waals surface area (Å²) in [5.74, 6) is 3.03. The molecule has 1 N–H and O–H groups in total. The van der Waals surface area contributed by atoms with Crippen molar-refractivity contribution in [3.05, 3.63) is 11.8 Å². The molecule has 2 saturated carbocycles. The Morgan fingerprint density at radius 3 is 2.83 bits per heavy atom. The summed E-state index contributed by atoms with van der Waals surface area (Å²) in [5.41, 5.74) is 1.05. The van der Waals surface area contributed by atoms with Crippen molar-refractivity contribution in [2.75, 3.05) is 18.5 Å². The van der Waals surface area contributed by atoms with Crippen molar-refractivity contribution in [1.82, 2.24) is 9.78 Å². The van der Waals surface area contributed by atoms with Crippen LogP contribution in [0, 0.1) is 17.8 Å². The third-order valence-electron chi connectivity index (χ3n) is 6.16. The molecule has 3 aliphatic rings. The van der Waals surface area contributed by atoms with Gasteiger partial charge in [-0.3, -0.25) is 9.48 Å². The summed E-state index contributed by atoms with van der Waals surface area (Å²) in [6, 6.07) is 2.04. The van der Waals surface area contributed by atoms with Crippen LogP contribution in [0.15, 0.2) is 6.07 Å². The van der Waals surface area contributed by atoms with Crippen LogP contribution in [0.4, 0.5) is 5.82 Å². The molecule has 5 heteroatoms. The Morgan fingerprint density at radius 1 is 1.25 bits per heavy atom. The molecule has 24 heavy (non-hydrogen) atoms. The summed E-state index contributed by atoms with van der Waals surface area (Å²) in [5, 5.41) is 7.72. The molecule has 3 atom stereocenters. The lowest BCUT2D eigenvalue weighted by atomic mass is 9.85. The topological polar surface area (TPSA) is 56.1 Å². The van der Waals surface area contributed by atoms with Crippen molar-refractivity contribution < 1.29 is 9.53 Å². The molecule has 3 unspecified atom stereocenters. The van der Waals surface area contributed by atoms with Crippen LogP contribution >= 0.6 is 0 Å². The second-order valence-electron chi connectivity index (χ2n) is 7.89. The molecule has 1 amide bonds. The lowest BCUT2D eigenvalue weighted by Gasteiger charge is -2.21. The van der Waals surface area contributed by atoms with Gasteiger partial charge >= 0.3 is 0 Å². The maximum absolute atomic E-state index is 12.6. The number of carbonyl (C=O) groups excluding carboxylic acids is 1. The van der Waals surface area contributed by atoms with Gasteiger partial charge in [0.05, 0.1) is 12.3 Å². The minimum absolute atomic E-state index is 0.194. The van der Waals surface area contributed by atoms with Gasteiger partial charge in [-0.05, 0) is 31.1 Å². The van der Waals surface area contributed by atoms with E-state index in [0.29, 0.717) is 11.8 Å². The molecule has 2 aliphatic carbocycles. The van der Waals surface area contributed by atoms with E-state index in [4.69, 9.17) is 4.74 Å². The average molecular weight is 331 g/mol. The van der Waals surface area contributed by atoms with Crippen molar-refractivity contribution in [3.63, 3.8) is 0 Å². The number of carbonyl (C=O) groups is 1. The Kier molecular flexibility index (Phi) is 4.61. The average Bonchev–Trinajstić information content (AvgIpc) is 3.35. The summed E-state index contributed by atoms with van der Waals surface area (Å²) in [4.78, 5) is 12.6. The highest BCUT2D eigenvalue weighted by Crippen LogP contribution is 2.49. The highest BCUT2D eigenvalue weighted by molar-refractivity contribution is 5.93. The van der Waals surface area contributed by atoms with Gasteiger partial charge in [-0.2, -0.15) is 5.10 Å². The van der Waals surface area contributed by atoms with E-state index >= 15 is 0 Å². The summed E-state index contributed by atoms with van der Waals surface area (Å²) in [6.07, 6.45) is 10.0. The molecular weight excluding hydrogens is 302 g/mol. The third kappa shape index (κ3) is 3.37. The number of hydrogen-bond donors (Lipinski definition) is 1. The van der Waals surface area contributed by atoms with Crippen LogP contribution in [0.2, 0.25) is 0 Å². The molecule has 0 spiro atoms. The van der Waals surface area contributed by atoms with E-state index in [2.05, 4.69) is 10.4 Å². The van der Waals surface area contributed by atoms with Crippen molar-refractivity contribution in [2.24, 2.45) is 24.8 Å². The molecule has 4 rings (SSSR count). The maximum atomic E-state index is 12.6. The number of hydrogen-bond acceptors (Lipinski definition) is 3. The van der Waals surface area contributed by atoms with E-state index in [0.717, 1.165) is 49.9 Å². The summed E-state index contributed by atoms with van der Waals surface area (Å²) >= 11 is 0. The van der Waals surface area contributed by atoms with E-state index in [1.807, 2.05) is 13.1 Å². The molecule has 2 heterocycles. The maximum Gasteiger partial charge on any atom is 0.228 e. The number of ether oxygens (including phenoxy) is 1. The van der Waals surface area contributed by atoms with Gasteiger partial charge in [0, 0.05) is 31.6 Å². The predicted octanol–water partition coefficient (Wildman–Crippen LogP) is 3.47. The Bertz CT molecular complexity index is 585. The molecule has 132 valence electrons. The number of amides is 1. The van der Waals surface area contributed by atoms with E-state index in [1.165, 1.54) is 32.1 Å². The first-order valence-corrected chi connectivity index (χ1v) is 9.65. The normalized spacial score (nSPS) is 31.0. The molecule has 3 fully saturated rings. The van der Waals surface area contributed by atoms with E-state index in [9.17, 15) is 4.79 Å². The summed E-state index contributed by atoms with van der Waals surface area (Å²) in [6.45, 7) is 1.61. The predicted molar refractivity (Wildman–Crippen MR) is 92.8 cm³/mol. The van der Waals surface area contributed by atoms with Gasteiger partial charge in [0.25, 0.3) is 0 Å². The van der Waals surface area contributed by atoms with Crippen LogP contribution in [0.5, 0.6) is 0 Å². The van der Waals surface area contributed by atoms with Crippen molar-refractivity contribution in [2.45, 2.75) is 57.3 Å². The fourth-order valence-electron chi connectivity index (χ4n) is 4.60. The minimum atomic E-state index is 0.194. The van der Waals surface area contributed by atoms with E-state index in [1.54, 1.807) is 4.68 Å². The third-order valence-corrected chi connectivity index (χ3v) is 6.16. The highest BCUT2D eigenvalue weighted by atomic mass is 16.5. The van der Waals surface area contributed by atoms with Gasteiger partial charge in [0.2, 0.25) is 5.91 Å². The van der Waals surface area contributed by atoms with Crippen LogP contribution in [0.25, 0.3) is 0 Å². The fraction of sp³-hybridized carbons (Fsp3) is 0.789. The summed E-state index contributed by atoms with van der Waals surface area (Å²) in [7, 11) is 1.91. The Balaban J connectivity index is 1.35. The first kappa shape index (κ1) is 16.1. The Labute approximate surface area is 144 Å². The van der Waals surface area contributed by atoms with Gasteiger partial charge < -0.3 is 10.1 Å². The van der Waals surface area contributed by atoms with Crippen molar-refractivity contribution in [1.29, 1.82) is 0 Å². The highest BCUT2D eigenvalue weighted by Gasteiger charge is 2.47. The molecule has 0 bridgehead atoms. The smallest absolute Gasteiger partial charge is 0.228 e. The first-order chi connectivity index (χ1) is 11.7. The van der Waals surface area contributed by atoms with Gasteiger partial charge in [0.15, 0.2) is 0 Å². The van der Waals surface area contributed by atoms with Gasteiger partial charge in [-0.15, -0.1) is 0 Å². The molecule has 5 nitrogen and oxygen atoms in total. The molecule has 1 aliphatic heterocycles. The van der Waals surface area contributed by atoms with Gasteiger partial charge in [0.1, 0.15) is 5.82 Å². The van der Waals surface area contributed by atoms with Crippen LogP contribution in [-0.4, -0.2) is 28.9 Å². The molecule has 0 radical (unpaired) electrons. The Morgan fingerprint density at radius 2 is 2.08 bits per heavy atom. The number of rotatable bonds is 4. The number of aryl methyl sites for hydroxylation is 1. The molecule has 1 aromatic rings. The van der Waals surface area contributed by atoms with E-state index < -0.39 is 0 Å². The number of aromatic nitrogens is 2. The summed E-state index contributed by atoms with van der Waals surface area (Å²) < 4.78 is 7.36. The second-order valence-corrected chi connectivity index (χ2v) is 7.89. The molecule has 1 aromatic heterocycles. The fourth-order valence-corrected chi connectivity index (χ4v) is 4.60. The quantitative estimate of drug-likeness (QED) is 0.919. The van der Waals surface area contributed by atoms with Crippen molar-refractivity contribution in [3.8, 4) is 0 Å². The van der Waals surface area contributed by atoms with Gasteiger partial charge in [-0.1, -0.05) is 32.1 Å². The molecule has 1 saturated heterocycles. The van der Waals surface area contributed by atoms with Crippen LogP contribution in [0.3, 0.4) is 0 Å². The largest absolute Gasteiger partial charge is 0.381 e. The monoisotopic (exact) mass is 331 g/mol. The van der Waals surface area contributed by atoms with Crippen LogP contribution < -0.4 is 5.32 Å². The lowest BCUT2D eigenvalue weighted by molar-refractivity contribution is -0.117.